The fourth-order valence-electron chi connectivity index (χ4n) is 9.30. The molecule has 0 N–H and O–H groups in total. The van der Waals surface area contributed by atoms with Gasteiger partial charge in [0, 0.05) is 44.3 Å². The predicted octanol–water partition coefficient (Wildman–Crippen LogP) is 16.9. The Morgan fingerprint density at radius 2 is 1.14 bits per heavy atom. The van der Waals surface area contributed by atoms with Crippen molar-refractivity contribution in [2.24, 2.45) is 0 Å². The summed E-state index contributed by atoms with van der Waals surface area (Å²) < 4.78 is 131. The van der Waals surface area contributed by atoms with Crippen LogP contribution in [0.2, 0.25) is 0 Å². The summed E-state index contributed by atoms with van der Waals surface area (Å²) in [5.41, 5.74) is 4.72. The van der Waals surface area contributed by atoms with Crippen molar-refractivity contribution in [3.05, 3.63) is 248 Å². The fraction of sp³-hybridized carbons (Fsp3) is 0.118. The van der Waals surface area contributed by atoms with Gasteiger partial charge in [0.1, 0.15) is 5.82 Å². The van der Waals surface area contributed by atoms with Gasteiger partial charge in [-0.1, -0.05) is 192 Å². The number of hydrogen-bond acceptors (Lipinski definition) is 2. The smallest absolute Gasteiger partial charge is 0.268 e. The molecule has 0 saturated carbocycles. The second-order valence-corrected chi connectivity index (χ2v) is 19.9. The standard InChI is InChI=1S/C68H54N4O.Pt/c1-67(2,3)52-25-17-24-48(41-52)57-29-19-30-58(51-39-49(46-20-9-7-10-21-46)38-50(40-51)47-22-11-8-12-23-47)66(57)71-45-70(62-32-15-16-33-63(62)71)54-26-18-27-55(43-54)73-56-34-35-60-59-28-13-14-31-61(59)72(64(60)44-56)65-42-53(36-37-69-65)68(4,5)6;/h7-42H,1-6H3;/q-2;/i7D,8D,9D,10D,11D,12D,20D,21D,22D,23D,38D,39D,40D;. The maximum absolute atomic E-state index is 10.2. The molecule has 0 fully saturated rings. The van der Waals surface area contributed by atoms with Gasteiger partial charge >= 0.3 is 0 Å². The van der Waals surface area contributed by atoms with Crippen LogP contribution in [0.15, 0.2) is 218 Å². The van der Waals surface area contributed by atoms with Gasteiger partial charge in [-0.3, -0.25) is 4.57 Å². The van der Waals surface area contributed by atoms with Crippen LogP contribution >= 0.6 is 0 Å². The van der Waals surface area contributed by atoms with Gasteiger partial charge in [0.15, 0.2) is 0 Å². The molecule has 9 aromatic carbocycles. The van der Waals surface area contributed by atoms with E-state index in [9.17, 15) is 4.11 Å². The summed E-state index contributed by atoms with van der Waals surface area (Å²) in [4.78, 5) is 4.83. The van der Waals surface area contributed by atoms with Gasteiger partial charge in [-0.2, -0.15) is 18.2 Å². The summed E-state index contributed by atoms with van der Waals surface area (Å²) in [6.45, 7) is 12.8. The number of hydrogen-bond donors (Lipinski definition) is 0. The Morgan fingerprint density at radius 1 is 0.527 bits per heavy atom. The van der Waals surface area contributed by atoms with Crippen molar-refractivity contribution in [2.45, 2.75) is 52.4 Å². The molecule has 0 aliphatic heterocycles. The van der Waals surface area contributed by atoms with Crippen molar-refractivity contribution in [3.8, 4) is 73.2 Å². The normalized spacial score (nSPS) is 14.3. The van der Waals surface area contributed by atoms with Gasteiger partial charge in [0.05, 0.1) is 34.5 Å². The largest absolute Gasteiger partial charge is 0.510 e. The topological polar surface area (TPSA) is 35.9 Å². The molecule has 3 aromatic heterocycles. The van der Waals surface area contributed by atoms with Gasteiger partial charge in [0.2, 0.25) is 0 Å². The zero-order valence-corrected chi connectivity index (χ0v) is 43.6. The van der Waals surface area contributed by atoms with E-state index < -0.39 is 101 Å². The van der Waals surface area contributed by atoms with E-state index in [2.05, 4.69) is 88.8 Å². The van der Waals surface area contributed by atoms with Crippen molar-refractivity contribution in [2.75, 3.05) is 0 Å². The van der Waals surface area contributed by atoms with E-state index >= 15 is 0 Å². The van der Waals surface area contributed by atoms with Crippen molar-refractivity contribution >= 4 is 32.8 Å². The van der Waals surface area contributed by atoms with Crippen LogP contribution in [0.1, 0.15) is 70.5 Å². The van der Waals surface area contributed by atoms with Crippen LogP contribution in [-0.4, -0.2) is 14.1 Å². The molecule has 6 heteroatoms. The van der Waals surface area contributed by atoms with Gasteiger partial charge < -0.3 is 13.9 Å². The van der Waals surface area contributed by atoms with Crippen molar-refractivity contribution in [1.82, 2.24) is 14.1 Å². The number of rotatable bonds is 9. The van der Waals surface area contributed by atoms with E-state index in [0.29, 0.717) is 39.5 Å². The second kappa shape index (κ2) is 19.4. The SMILES string of the molecule is [2H]c1c([2H])c([2H])c(-c2c([2H])c(-c3cccc(-c4cccc(C(C)(C)C)c4)c3-[n+]3[c-]n(-c4[c-]c(Oc5[c-]c6c(cc5)c5ccccc5n6-c5cc(C(C)(C)C)ccn5)ccc4)c4ccccc43)c([2H])c(-c3c([2H])c([2H])c([2H])c([2H])c3[2H])c2[2H])c([2H])c1[2H].[Pt]. The number of fused-ring (bicyclic) bond motifs is 4. The maximum Gasteiger partial charge on any atom is 0.268 e. The van der Waals surface area contributed by atoms with Crippen LogP contribution in [0.25, 0.3) is 94.5 Å². The minimum atomic E-state index is -0.746. The molecule has 74 heavy (non-hydrogen) atoms. The first-order chi connectivity index (χ1) is 40.9. The molecular weight excluding hydrogens is 1080 g/mol. The molecule has 0 spiro atoms. The number of benzene rings is 9. The van der Waals surface area contributed by atoms with E-state index in [0.717, 1.165) is 44.3 Å². The molecule has 0 amide bonds. The Hall–Kier alpha value is -8.11. The van der Waals surface area contributed by atoms with Gasteiger partial charge in [-0.25, -0.2) is 4.98 Å². The van der Waals surface area contributed by atoms with Gasteiger partial charge in [-0.15, -0.1) is 29.7 Å². The van der Waals surface area contributed by atoms with Crippen LogP contribution < -0.4 is 9.30 Å². The summed E-state index contributed by atoms with van der Waals surface area (Å²) in [6.07, 6.45) is 5.42. The van der Waals surface area contributed by atoms with Crippen molar-refractivity contribution < 1.29 is 48.2 Å². The van der Waals surface area contributed by atoms with Gasteiger partial charge in [0.25, 0.3) is 6.33 Å². The number of pyridine rings is 1. The number of ether oxygens (including phenoxy) is 1. The molecule has 0 unspecified atom stereocenters. The van der Waals surface area contributed by atoms with Crippen molar-refractivity contribution in [3.63, 3.8) is 0 Å². The third-order valence-corrected chi connectivity index (χ3v) is 13.0. The molecule has 12 rings (SSSR count). The molecule has 0 atom stereocenters. The Morgan fingerprint density at radius 3 is 1.85 bits per heavy atom. The third-order valence-electron chi connectivity index (χ3n) is 13.0. The van der Waals surface area contributed by atoms with Crippen LogP contribution in [0.5, 0.6) is 11.5 Å². The molecule has 0 aliphatic carbocycles. The first-order valence-corrected chi connectivity index (χ1v) is 24.0. The van der Waals surface area contributed by atoms with E-state index in [1.165, 1.54) is 0 Å². The van der Waals surface area contributed by atoms with Crippen LogP contribution in [-0.2, 0) is 31.9 Å². The average molecular weight is 1150 g/mol. The van der Waals surface area contributed by atoms with Crippen molar-refractivity contribution in [1.29, 1.82) is 0 Å². The molecular formula is C68H54N4OPt-2. The average Bonchev–Trinajstić information content (AvgIpc) is 1.24. The summed E-state index contributed by atoms with van der Waals surface area (Å²) in [5, 5.41) is 2.00. The number of aromatic nitrogens is 4. The predicted molar refractivity (Wildman–Crippen MR) is 299 cm³/mol. The van der Waals surface area contributed by atoms with Crippen LogP contribution in [0.3, 0.4) is 0 Å². The minimum absolute atomic E-state index is 0. The number of imidazole rings is 1. The van der Waals surface area contributed by atoms with E-state index in [-0.39, 0.29) is 43.0 Å². The van der Waals surface area contributed by atoms with Gasteiger partial charge in [-0.05, 0) is 114 Å². The molecule has 12 aromatic rings. The van der Waals surface area contributed by atoms with Crippen LogP contribution in [0, 0.1) is 18.5 Å². The molecule has 5 nitrogen and oxygen atoms in total. The summed E-state index contributed by atoms with van der Waals surface area (Å²) in [7, 11) is 0. The molecule has 0 radical (unpaired) electrons. The Bertz CT molecular complexity index is 4680. The first-order valence-electron chi connectivity index (χ1n) is 30.5. The summed E-state index contributed by atoms with van der Waals surface area (Å²) in [6, 6.07) is 40.2. The zero-order chi connectivity index (χ0) is 61.2. The monoisotopic (exact) mass is 1150 g/mol. The first kappa shape index (κ1) is 35.1. The minimum Gasteiger partial charge on any atom is -0.510 e. The Balaban J connectivity index is 0.00000784. The van der Waals surface area contributed by atoms with Crippen LogP contribution in [0.4, 0.5) is 0 Å². The maximum atomic E-state index is 10.2. The Labute approximate surface area is 466 Å². The van der Waals surface area contributed by atoms with E-state index in [1.807, 2.05) is 97.2 Å². The quantitative estimate of drug-likeness (QED) is 0.107. The Kier molecular flexibility index (Phi) is 9.20. The molecule has 364 valence electrons. The summed E-state index contributed by atoms with van der Waals surface area (Å²) in [5.74, 6) is 1.53. The fourth-order valence-corrected chi connectivity index (χ4v) is 9.30. The van der Waals surface area contributed by atoms with E-state index in [4.69, 9.17) is 23.4 Å². The third kappa shape index (κ3) is 9.07. The molecule has 0 saturated heterocycles. The summed E-state index contributed by atoms with van der Waals surface area (Å²) >= 11 is 0. The second-order valence-electron chi connectivity index (χ2n) is 19.9. The van der Waals surface area contributed by atoms with E-state index in [1.54, 1.807) is 27.3 Å². The number of nitrogens with zero attached hydrogens (tertiary/aromatic N) is 4. The molecule has 3 heterocycles. The number of para-hydroxylation sites is 4. The molecule has 0 aliphatic rings. The molecule has 0 bridgehead atoms. The zero-order valence-electron chi connectivity index (χ0n) is 54.3.